The number of nitrogens with one attached hydrogen (secondary N) is 3. The van der Waals surface area contributed by atoms with Crippen LogP contribution in [-0.4, -0.2) is 45.3 Å². The highest BCUT2D eigenvalue weighted by Crippen LogP contribution is 2.24. The molecule has 0 spiro atoms. The fraction of sp³-hybridized carbons (Fsp3) is 0.500. The Morgan fingerprint density at radius 1 is 1.17 bits per heavy atom. The van der Waals surface area contributed by atoms with Crippen LogP contribution in [0.4, 0.5) is 4.79 Å². The van der Waals surface area contributed by atoms with Crippen LogP contribution in [0.15, 0.2) is 18.2 Å². The molecule has 1 aromatic rings. The van der Waals surface area contributed by atoms with Crippen molar-refractivity contribution < 1.29 is 19.1 Å². The molecule has 23 heavy (non-hydrogen) atoms. The lowest BCUT2D eigenvalue weighted by Gasteiger charge is -2.11. The van der Waals surface area contributed by atoms with Crippen LogP contribution < -0.4 is 25.4 Å². The number of hydrogen-bond donors (Lipinski definition) is 3. The number of amides is 3. The van der Waals surface area contributed by atoms with Gasteiger partial charge in [-0.3, -0.25) is 4.79 Å². The van der Waals surface area contributed by atoms with Crippen LogP contribution in [0.25, 0.3) is 0 Å². The summed E-state index contributed by atoms with van der Waals surface area (Å²) in [4.78, 5) is 23.1. The molecule has 0 unspecified atom stereocenters. The zero-order valence-electron chi connectivity index (χ0n) is 13.5. The first kappa shape index (κ1) is 16.9. The van der Waals surface area contributed by atoms with Crippen molar-refractivity contribution in [3.05, 3.63) is 23.8 Å². The average Bonchev–Trinajstić information content (AvgIpc) is 3.36. The maximum absolute atomic E-state index is 11.7. The lowest BCUT2D eigenvalue weighted by atomic mass is 10.1. The van der Waals surface area contributed by atoms with E-state index in [1.165, 1.54) is 0 Å². The van der Waals surface area contributed by atoms with Gasteiger partial charge in [0.15, 0.2) is 0 Å². The van der Waals surface area contributed by atoms with E-state index < -0.39 is 0 Å². The van der Waals surface area contributed by atoms with Gasteiger partial charge in [-0.2, -0.15) is 0 Å². The van der Waals surface area contributed by atoms with Gasteiger partial charge in [-0.1, -0.05) is 0 Å². The van der Waals surface area contributed by atoms with E-state index in [-0.39, 0.29) is 24.5 Å². The van der Waals surface area contributed by atoms with Gasteiger partial charge in [-0.15, -0.1) is 0 Å². The van der Waals surface area contributed by atoms with Crippen LogP contribution in [0.2, 0.25) is 0 Å². The van der Waals surface area contributed by atoms with Gasteiger partial charge in [-0.05, 0) is 43.0 Å². The highest BCUT2D eigenvalue weighted by molar-refractivity contribution is 5.84. The van der Waals surface area contributed by atoms with Gasteiger partial charge in [0.25, 0.3) is 0 Å². The van der Waals surface area contributed by atoms with Crippen LogP contribution >= 0.6 is 0 Å². The monoisotopic (exact) mass is 321 g/mol. The summed E-state index contributed by atoms with van der Waals surface area (Å²) in [5.41, 5.74) is 0.951. The molecule has 1 aliphatic carbocycles. The largest absolute Gasteiger partial charge is 0.497 e. The van der Waals surface area contributed by atoms with Crippen molar-refractivity contribution in [2.24, 2.45) is 0 Å². The van der Waals surface area contributed by atoms with Gasteiger partial charge in [0.1, 0.15) is 11.5 Å². The summed E-state index contributed by atoms with van der Waals surface area (Å²) in [5, 5.41) is 8.06. The Morgan fingerprint density at radius 3 is 2.61 bits per heavy atom. The highest BCUT2D eigenvalue weighted by Gasteiger charge is 2.23. The fourth-order valence-electron chi connectivity index (χ4n) is 2.10. The summed E-state index contributed by atoms with van der Waals surface area (Å²) < 4.78 is 10.5. The summed E-state index contributed by atoms with van der Waals surface area (Å²) in [6.45, 7) is 0.419. The van der Waals surface area contributed by atoms with Gasteiger partial charge in [0.05, 0.1) is 20.8 Å². The van der Waals surface area contributed by atoms with Crippen LogP contribution in [0.3, 0.4) is 0 Å². The van der Waals surface area contributed by atoms with Crippen molar-refractivity contribution in [1.29, 1.82) is 0 Å². The number of rotatable bonds is 8. The number of benzene rings is 1. The van der Waals surface area contributed by atoms with Crippen molar-refractivity contribution in [3.63, 3.8) is 0 Å². The van der Waals surface area contributed by atoms with E-state index in [1.54, 1.807) is 14.2 Å². The molecule has 3 N–H and O–H groups in total. The molecule has 0 saturated heterocycles. The molecule has 1 aliphatic rings. The molecule has 126 valence electrons. The van der Waals surface area contributed by atoms with Crippen molar-refractivity contribution in [2.75, 3.05) is 27.3 Å². The van der Waals surface area contributed by atoms with Gasteiger partial charge >= 0.3 is 6.03 Å². The lowest BCUT2D eigenvalue weighted by Crippen LogP contribution is -2.43. The molecule has 0 radical (unpaired) electrons. The Morgan fingerprint density at radius 2 is 1.96 bits per heavy atom. The molecular formula is C16H23N3O4. The third-order valence-electron chi connectivity index (χ3n) is 3.53. The molecule has 7 heteroatoms. The van der Waals surface area contributed by atoms with Gasteiger partial charge < -0.3 is 25.4 Å². The number of carbonyl (C=O) groups excluding carboxylic acids is 2. The summed E-state index contributed by atoms with van der Waals surface area (Å²) in [7, 11) is 3.21. The lowest BCUT2D eigenvalue weighted by molar-refractivity contribution is -0.120. The van der Waals surface area contributed by atoms with E-state index in [0.717, 1.165) is 29.9 Å². The minimum atomic E-state index is -0.294. The number of carbonyl (C=O) groups is 2. The highest BCUT2D eigenvalue weighted by atomic mass is 16.5. The third-order valence-corrected chi connectivity index (χ3v) is 3.53. The van der Waals surface area contributed by atoms with Crippen LogP contribution in [0.5, 0.6) is 11.5 Å². The Hall–Kier alpha value is -2.44. The van der Waals surface area contributed by atoms with E-state index in [4.69, 9.17) is 9.47 Å². The first-order chi connectivity index (χ1) is 11.1. The van der Waals surface area contributed by atoms with Gasteiger partial charge in [0, 0.05) is 12.6 Å². The second-order valence-corrected chi connectivity index (χ2v) is 5.38. The summed E-state index contributed by atoms with van der Waals surface area (Å²) >= 11 is 0. The zero-order valence-corrected chi connectivity index (χ0v) is 13.5. The molecule has 0 aromatic heterocycles. The van der Waals surface area contributed by atoms with Crippen molar-refractivity contribution in [3.8, 4) is 11.5 Å². The normalized spacial score (nSPS) is 13.1. The van der Waals surface area contributed by atoms with Crippen molar-refractivity contribution in [1.82, 2.24) is 16.0 Å². The van der Waals surface area contributed by atoms with Gasteiger partial charge in [0.2, 0.25) is 5.91 Å². The Labute approximate surface area is 135 Å². The molecule has 2 rings (SSSR count). The Bertz CT molecular complexity index is 558. The first-order valence-electron chi connectivity index (χ1n) is 7.64. The number of ether oxygens (including phenoxy) is 2. The predicted molar refractivity (Wildman–Crippen MR) is 85.8 cm³/mol. The van der Waals surface area contributed by atoms with Crippen molar-refractivity contribution in [2.45, 2.75) is 25.3 Å². The van der Waals surface area contributed by atoms with E-state index in [1.807, 2.05) is 18.2 Å². The second-order valence-electron chi connectivity index (χ2n) is 5.38. The number of hydrogen-bond acceptors (Lipinski definition) is 4. The summed E-state index contributed by atoms with van der Waals surface area (Å²) in [6, 6.07) is 5.52. The van der Waals surface area contributed by atoms with E-state index in [0.29, 0.717) is 13.0 Å². The first-order valence-corrected chi connectivity index (χ1v) is 7.64. The molecule has 1 aromatic carbocycles. The van der Waals surface area contributed by atoms with Crippen LogP contribution in [0, 0.1) is 0 Å². The van der Waals surface area contributed by atoms with E-state index in [2.05, 4.69) is 16.0 Å². The Balaban J connectivity index is 1.71. The predicted octanol–water partition coefficient (Wildman–Crippen LogP) is 0.824. The number of urea groups is 1. The molecule has 7 nitrogen and oxygen atoms in total. The molecule has 1 saturated carbocycles. The maximum atomic E-state index is 11.7. The molecule has 3 amide bonds. The van der Waals surface area contributed by atoms with E-state index >= 15 is 0 Å². The molecule has 0 heterocycles. The SMILES string of the molecule is COc1ccc(OC)c(CCNC(=O)CNC(=O)NC2CC2)c1. The third kappa shape index (κ3) is 5.69. The molecule has 1 fully saturated rings. The zero-order chi connectivity index (χ0) is 16.7. The summed E-state index contributed by atoms with van der Waals surface area (Å²) in [5.74, 6) is 1.27. The number of methoxy groups -OCH3 is 2. The topological polar surface area (TPSA) is 88.7 Å². The minimum Gasteiger partial charge on any atom is -0.497 e. The fourth-order valence-corrected chi connectivity index (χ4v) is 2.10. The van der Waals surface area contributed by atoms with E-state index in [9.17, 15) is 9.59 Å². The van der Waals surface area contributed by atoms with Crippen LogP contribution in [-0.2, 0) is 11.2 Å². The molecular weight excluding hydrogens is 298 g/mol. The smallest absolute Gasteiger partial charge is 0.315 e. The quantitative estimate of drug-likeness (QED) is 0.661. The Kier molecular flexibility index (Phi) is 6.08. The van der Waals surface area contributed by atoms with Gasteiger partial charge in [-0.25, -0.2) is 4.79 Å². The van der Waals surface area contributed by atoms with Crippen LogP contribution in [0.1, 0.15) is 18.4 Å². The molecule has 0 atom stereocenters. The maximum Gasteiger partial charge on any atom is 0.315 e. The molecule has 0 bridgehead atoms. The van der Waals surface area contributed by atoms with Crippen molar-refractivity contribution >= 4 is 11.9 Å². The average molecular weight is 321 g/mol. The second kappa shape index (κ2) is 8.26. The standard InChI is InChI=1S/C16H23N3O4/c1-22-13-5-6-14(23-2)11(9-13)7-8-17-15(20)10-18-16(21)19-12-3-4-12/h5-6,9,12H,3-4,7-8,10H2,1-2H3,(H,17,20)(H2,18,19,21). The minimum absolute atomic E-state index is 0.0339. The molecule has 0 aliphatic heterocycles. The summed E-state index contributed by atoms with van der Waals surface area (Å²) in [6.07, 6.45) is 2.64.